The molecule has 1 N–H and O–H groups in total. The van der Waals surface area contributed by atoms with Crippen molar-refractivity contribution in [2.75, 3.05) is 39.3 Å². The predicted octanol–water partition coefficient (Wildman–Crippen LogP) is -0.0363. The molecule has 2 aliphatic rings. The molecule has 2 rings (SSSR count). The average Bonchev–Trinajstić information content (AvgIpc) is 2.69. The van der Waals surface area contributed by atoms with Gasteiger partial charge in [-0.05, 0) is 0 Å². The van der Waals surface area contributed by atoms with E-state index in [1.54, 1.807) is 6.92 Å². The van der Waals surface area contributed by atoms with E-state index < -0.39 is 0 Å². The molecule has 0 spiro atoms. The van der Waals surface area contributed by atoms with E-state index in [2.05, 4.69) is 10.3 Å². The lowest BCUT2D eigenvalue weighted by atomic mass is 10.4. The third-order valence-electron chi connectivity index (χ3n) is 3.53. The van der Waals surface area contributed by atoms with Crippen LogP contribution in [-0.4, -0.2) is 54.8 Å². The van der Waals surface area contributed by atoms with Crippen molar-refractivity contribution in [2.24, 2.45) is 0 Å². The Labute approximate surface area is 85.4 Å². The van der Waals surface area contributed by atoms with E-state index in [9.17, 15) is 4.79 Å². The van der Waals surface area contributed by atoms with Crippen LogP contribution < -0.4 is 5.32 Å². The molecular weight excluding hydrogens is 178 g/mol. The number of nitrogens with zero attached hydrogens (tertiary/aromatic N) is 2. The van der Waals surface area contributed by atoms with E-state index in [0.29, 0.717) is 10.5 Å². The molecule has 2 saturated heterocycles. The highest BCUT2D eigenvalue weighted by molar-refractivity contribution is 5.65. The highest BCUT2D eigenvalue weighted by Gasteiger charge is 2.43. The van der Waals surface area contributed by atoms with E-state index in [1.165, 1.54) is 12.8 Å². The molecule has 0 aliphatic carbocycles. The average molecular weight is 198 g/mol. The van der Waals surface area contributed by atoms with Gasteiger partial charge in [-0.15, -0.1) is 5.01 Å². The summed E-state index contributed by atoms with van der Waals surface area (Å²) in [5, 5.41) is 5.68. The Morgan fingerprint density at radius 2 is 1.79 bits per heavy atom. The SMILES string of the molecule is CC(=O)[N+]1(N2CCNCC2)CCCC1. The van der Waals surface area contributed by atoms with Crippen molar-refractivity contribution in [3.8, 4) is 0 Å². The fourth-order valence-electron chi connectivity index (χ4n) is 2.69. The summed E-state index contributed by atoms with van der Waals surface area (Å²) in [6.45, 7) is 7.86. The van der Waals surface area contributed by atoms with Crippen LogP contribution in [-0.2, 0) is 4.79 Å². The van der Waals surface area contributed by atoms with Gasteiger partial charge >= 0.3 is 5.91 Å². The largest absolute Gasteiger partial charge is 0.329 e. The van der Waals surface area contributed by atoms with Gasteiger partial charge in [0.05, 0.1) is 20.0 Å². The van der Waals surface area contributed by atoms with Crippen LogP contribution in [0.3, 0.4) is 0 Å². The van der Waals surface area contributed by atoms with Gasteiger partial charge in [0.15, 0.2) is 0 Å². The lowest BCUT2D eigenvalue weighted by molar-refractivity contribution is -0.959. The first-order valence-electron chi connectivity index (χ1n) is 5.60. The molecule has 80 valence electrons. The third kappa shape index (κ3) is 1.58. The van der Waals surface area contributed by atoms with Gasteiger partial charge in [0, 0.05) is 25.9 Å². The highest BCUT2D eigenvalue weighted by atomic mass is 16.2. The first-order valence-corrected chi connectivity index (χ1v) is 5.60. The quantitative estimate of drug-likeness (QED) is 0.600. The second-order valence-corrected chi connectivity index (χ2v) is 4.30. The van der Waals surface area contributed by atoms with Crippen molar-refractivity contribution < 1.29 is 9.39 Å². The van der Waals surface area contributed by atoms with Gasteiger partial charge in [-0.3, -0.25) is 0 Å². The first-order chi connectivity index (χ1) is 6.76. The summed E-state index contributed by atoms with van der Waals surface area (Å²) in [4.78, 5) is 11.8. The zero-order valence-electron chi connectivity index (χ0n) is 8.96. The van der Waals surface area contributed by atoms with Crippen LogP contribution in [0.25, 0.3) is 0 Å². The Morgan fingerprint density at radius 3 is 2.29 bits per heavy atom. The van der Waals surface area contributed by atoms with E-state index >= 15 is 0 Å². The number of piperazine rings is 1. The summed E-state index contributed by atoms with van der Waals surface area (Å²) in [6, 6.07) is 0. The van der Waals surface area contributed by atoms with Crippen molar-refractivity contribution >= 4 is 5.91 Å². The van der Waals surface area contributed by atoms with Gasteiger partial charge in [0.25, 0.3) is 0 Å². The summed E-state index contributed by atoms with van der Waals surface area (Å²) >= 11 is 0. The molecule has 2 aliphatic heterocycles. The minimum absolute atomic E-state index is 0.324. The molecule has 0 radical (unpaired) electrons. The van der Waals surface area contributed by atoms with Crippen LogP contribution in [0.2, 0.25) is 0 Å². The number of quaternary nitrogens is 1. The summed E-state index contributed by atoms with van der Waals surface area (Å²) < 4.78 is 0.627. The highest BCUT2D eigenvalue weighted by Crippen LogP contribution is 2.23. The normalized spacial score (nSPS) is 27.8. The number of rotatable bonds is 1. The van der Waals surface area contributed by atoms with E-state index in [4.69, 9.17) is 0 Å². The van der Waals surface area contributed by atoms with Gasteiger partial charge < -0.3 is 5.32 Å². The molecule has 0 saturated carbocycles. The van der Waals surface area contributed by atoms with Crippen molar-refractivity contribution in [1.29, 1.82) is 0 Å². The summed E-state index contributed by atoms with van der Waals surface area (Å²) in [6.07, 6.45) is 2.40. The molecule has 0 aromatic heterocycles. The topological polar surface area (TPSA) is 32.3 Å². The number of likely N-dealkylation sites (tertiary alicyclic amines) is 1. The zero-order valence-corrected chi connectivity index (χ0v) is 8.96. The predicted molar refractivity (Wildman–Crippen MR) is 54.4 cm³/mol. The van der Waals surface area contributed by atoms with E-state index in [1.807, 2.05) is 0 Å². The smallest absolute Gasteiger partial charge is 0.314 e. The van der Waals surface area contributed by atoms with Gasteiger partial charge in [-0.25, -0.2) is 4.79 Å². The molecule has 0 aromatic carbocycles. The summed E-state index contributed by atoms with van der Waals surface area (Å²) in [5.74, 6) is 0.324. The molecule has 0 bridgehead atoms. The van der Waals surface area contributed by atoms with Crippen molar-refractivity contribution in [3.05, 3.63) is 0 Å². The van der Waals surface area contributed by atoms with Crippen molar-refractivity contribution in [3.63, 3.8) is 0 Å². The maximum atomic E-state index is 11.8. The number of nitrogens with one attached hydrogen (secondary N) is 1. The molecule has 0 atom stereocenters. The van der Waals surface area contributed by atoms with Crippen LogP contribution in [0.15, 0.2) is 0 Å². The van der Waals surface area contributed by atoms with Gasteiger partial charge in [0.2, 0.25) is 0 Å². The number of hydrogen-bond donors (Lipinski definition) is 1. The number of amides is 1. The molecule has 14 heavy (non-hydrogen) atoms. The molecule has 0 aromatic rings. The first kappa shape index (κ1) is 10.1. The van der Waals surface area contributed by atoms with Crippen LogP contribution in [0.5, 0.6) is 0 Å². The minimum Gasteiger partial charge on any atom is -0.314 e. The van der Waals surface area contributed by atoms with Crippen molar-refractivity contribution in [1.82, 2.24) is 10.3 Å². The Hall–Kier alpha value is -0.450. The second kappa shape index (κ2) is 3.96. The fourth-order valence-corrected chi connectivity index (χ4v) is 2.69. The van der Waals surface area contributed by atoms with Gasteiger partial charge in [0.1, 0.15) is 13.1 Å². The standard InChI is InChI=1S/C10H20N3O/c1-10(14)13(8-2-3-9-13)12-6-4-11-5-7-12/h11H,2-9H2,1H3/q+1. The molecule has 4 heteroatoms. The molecule has 2 heterocycles. The Bertz CT molecular complexity index is 217. The summed E-state index contributed by atoms with van der Waals surface area (Å²) in [5.41, 5.74) is 0. The van der Waals surface area contributed by atoms with Crippen LogP contribution in [0.1, 0.15) is 19.8 Å². The maximum absolute atomic E-state index is 11.8. The summed E-state index contributed by atoms with van der Waals surface area (Å²) in [7, 11) is 0. The Kier molecular flexibility index (Phi) is 2.85. The van der Waals surface area contributed by atoms with Gasteiger partial charge in [-0.2, -0.15) is 4.59 Å². The molecule has 4 nitrogen and oxygen atoms in total. The monoisotopic (exact) mass is 198 g/mol. The number of carbonyl (C=O) groups is 1. The lowest BCUT2D eigenvalue weighted by Crippen LogP contribution is -2.65. The molecule has 2 fully saturated rings. The number of hydrogen-bond acceptors (Lipinski definition) is 3. The molecule has 0 unspecified atom stereocenters. The number of carbonyl (C=O) groups excluding carboxylic acids is 1. The molecule has 1 amide bonds. The van der Waals surface area contributed by atoms with Crippen molar-refractivity contribution in [2.45, 2.75) is 19.8 Å². The van der Waals surface area contributed by atoms with E-state index in [0.717, 1.165) is 39.3 Å². The third-order valence-corrected chi connectivity index (χ3v) is 3.53. The fraction of sp³-hybridized carbons (Fsp3) is 0.900. The maximum Gasteiger partial charge on any atom is 0.329 e. The van der Waals surface area contributed by atoms with Crippen LogP contribution in [0, 0.1) is 0 Å². The Balaban J connectivity index is 2.12. The Morgan fingerprint density at radius 1 is 1.21 bits per heavy atom. The lowest BCUT2D eigenvalue weighted by Gasteiger charge is -2.41. The zero-order chi connectivity index (χ0) is 10.0. The minimum atomic E-state index is 0.324. The van der Waals surface area contributed by atoms with E-state index in [-0.39, 0.29) is 0 Å². The second-order valence-electron chi connectivity index (χ2n) is 4.30. The van der Waals surface area contributed by atoms with Gasteiger partial charge in [-0.1, -0.05) is 0 Å². The van der Waals surface area contributed by atoms with Crippen LogP contribution in [0.4, 0.5) is 0 Å². The van der Waals surface area contributed by atoms with Crippen LogP contribution >= 0.6 is 0 Å². The molecular formula is C10H20N3O+.